The Balaban J connectivity index is 1.44. The van der Waals surface area contributed by atoms with Gasteiger partial charge in [-0.25, -0.2) is 8.42 Å². The molecule has 0 heterocycles. The number of hydrogen-bond donors (Lipinski definition) is 1. The minimum absolute atomic E-state index is 0.180. The number of carbonyl (C=O) groups excluding carboxylic acids is 2. The van der Waals surface area contributed by atoms with Gasteiger partial charge in [0.15, 0.2) is 21.5 Å². The van der Waals surface area contributed by atoms with E-state index in [4.69, 9.17) is 0 Å². The molecule has 32 heavy (non-hydrogen) atoms. The molecule has 0 saturated heterocycles. The quantitative estimate of drug-likeness (QED) is 0.555. The molecule has 162 valence electrons. The average molecular weight is 447 g/mol. The molecule has 1 amide bonds. The number of amides is 1. The Morgan fingerprint density at radius 2 is 1.75 bits per heavy atom. The van der Waals surface area contributed by atoms with Gasteiger partial charge in [0.25, 0.3) is 0 Å². The summed E-state index contributed by atoms with van der Waals surface area (Å²) in [5, 5.41) is 13.8. The minimum atomic E-state index is -3.69. The van der Waals surface area contributed by atoms with E-state index in [0.29, 0.717) is 5.69 Å². The largest absolute Gasteiger partial charge is 0.324 e. The zero-order valence-electron chi connectivity index (χ0n) is 17.4. The van der Waals surface area contributed by atoms with Gasteiger partial charge in [0.05, 0.1) is 16.7 Å². The Bertz CT molecular complexity index is 1350. The number of anilines is 1. The predicted molar refractivity (Wildman–Crippen MR) is 122 cm³/mol. The summed E-state index contributed by atoms with van der Waals surface area (Å²) in [5.74, 6) is -3.49. The Kier molecular flexibility index (Phi) is 6.06. The molecule has 1 unspecified atom stereocenters. The number of carbonyl (C=O) groups is 2. The van der Waals surface area contributed by atoms with Crippen LogP contribution < -0.4 is 5.32 Å². The molecule has 0 fully saturated rings. The van der Waals surface area contributed by atoms with Crippen molar-refractivity contribution in [3.8, 4) is 6.07 Å². The number of sulfone groups is 1. The lowest BCUT2D eigenvalue weighted by molar-refractivity contribution is -0.128. The number of hydrogen-bond acceptors (Lipinski definition) is 5. The first-order chi connectivity index (χ1) is 15.4. The van der Waals surface area contributed by atoms with Crippen LogP contribution in [0.25, 0.3) is 10.8 Å². The molecular weight excluding hydrogens is 424 g/mol. The second-order valence-corrected chi connectivity index (χ2v) is 10.0. The van der Waals surface area contributed by atoms with Crippen molar-refractivity contribution < 1.29 is 18.0 Å². The molecule has 0 radical (unpaired) electrons. The van der Waals surface area contributed by atoms with Crippen molar-refractivity contribution in [1.29, 1.82) is 5.26 Å². The number of rotatable bonds is 7. The van der Waals surface area contributed by atoms with E-state index in [0.717, 1.165) is 41.2 Å². The normalized spacial score (nSPS) is 13.8. The molecule has 3 aromatic carbocycles. The van der Waals surface area contributed by atoms with Crippen molar-refractivity contribution in [3.05, 3.63) is 71.8 Å². The Hall–Kier alpha value is -3.50. The Morgan fingerprint density at radius 3 is 2.56 bits per heavy atom. The number of nitrogens with zero attached hydrogens (tertiary/aromatic N) is 1. The SMILES string of the molecule is N#CC(C(=O)CCS(=O)(=O)c1ccc2c(c1)CCC2)C(=O)Nc1cccc2ccccc12. The fourth-order valence-corrected chi connectivity index (χ4v) is 5.36. The van der Waals surface area contributed by atoms with Crippen molar-refractivity contribution in [3.63, 3.8) is 0 Å². The fraction of sp³-hybridized carbons (Fsp3) is 0.240. The summed E-state index contributed by atoms with van der Waals surface area (Å²) in [6.45, 7) is 0. The standard InChI is InChI=1S/C25H22N2O4S/c26-16-22(25(29)27-23-10-4-7-18-5-1-2-9-21(18)23)24(28)13-14-32(30,31)20-12-11-17-6-3-8-19(17)15-20/h1-2,4-5,7,9-12,15,22H,3,6,8,13-14H2,(H,27,29). The van der Waals surface area contributed by atoms with Crippen LogP contribution in [0.15, 0.2) is 65.6 Å². The molecule has 0 bridgehead atoms. The molecule has 7 heteroatoms. The zero-order valence-corrected chi connectivity index (χ0v) is 18.2. The van der Waals surface area contributed by atoms with Gasteiger partial charge in [0.1, 0.15) is 0 Å². The second kappa shape index (κ2) is 8.93. The summed E-state index contributed by atoms with van der Waals surface area (Å²) >= 11 is 0. The number of benzene rings is 3. The van der Waals surface area contributed by atoms with Crippen LogP contribution in [0.5, 0.6) is 0 Å². The highest BCUT2D eigenvalue weighted by molar-refractivity contribution is 7.91. The monoisotopic (exact) mass is 446 g/mol. The van der Waals surface area contributed by atoms with E-state index in [-0.39, 0.29) is 4.90 Å². The summed E-state index contributed by atoms with van der Waals surface area (Å²) in [7, 11) is -3.69. The zero-order chi connectivity index (χ0) is 22.7. The molecule has 0 saturated carbocycles. The molecule has 1 aliphatic rings. The topological polar surface area (TPSA) is 104 Å². The summed E-state index contributed by atoms with van der Waals surface area (Å²) in [6, 6.07) is 19.6. The maximum Gasteiger partial charge on any atom is 0.249 e. The van der Waals surface area contributed by atoms with Crippen molar-refractivity contribution in [2.75, 3.05) is 11.1 Å². The first-order valence-corrected chi connectivity index (χ1v) is 12.1. The summed E-state index contributed by atoms with van der Waals surface area (Å²) < 4.78 is 25.4. The highest BCUT2D eigenvalue weighted by atomic mass is 32.2. The molecule has 1 atom stereocenters. The third kappa shape index (κ3) is 4.41. The van der Waals surface area contributed by atoms with E-state index in [1.54, 1.807) is 30.3 Å². The number of ketones is 1. The minimum Gasteiger partial charge on any atom is -0.324 e. The van der Waals surface area contributed by atoms with Crippen LogP contribution in [0.1, 0.15) is 24.0 Å². The number of aryl methyl sites for hydroxylation is 2. The summed E-state index contributed by atoms with van der Waals surface area (Å²) in [5.41, 5.74) is 2.68. The van der Waals surface area contributed by atoms with Crippen molar-refractivity contribution >= 4 is 38.0 Å². The average Bonchev–Trinajstić information content (AvgIpc) is 3.26. The van der Waals surface area contributed by atoms with Gasteiger partial charge in [-0.2, -0.15) is 5.26 Å². The van der Waals surface area contributed by atoms with E-state index in [2.05, 4.69) is 5.32 Å². The van der Waals surface area contributed by atoms with Crippen LogP contribution in [-0.2, 0) is 32.3 Å². The van der Waals surface area contributed by atoms with Crippen molar-refractivity contribution in [2.24, 2.45) is 5.92 Å². The van der Waals surface area contributed by atoms with Crippen LogP contribution in [0.2, 0.25) is 0 Å². The summed E-state index contributed by atoms with van der Waals surface area (Å²) in [4.78, 5) is 25.4. The van der Waals surface area contributed by atoms with Crippen LogP contribution in [0.3, 0.4) is 0 Å². The second-order valence-electron chi connectivity index (χ2n) is 7.90. The van der Waals surface area contributed by atoms with E-state index in [1.165, 1.54) is 0 Å². The van der Waals surface area contributed by atoms with Gasteiger partial charge in [0.2, 0.25) is 5.91 Å². The van der Waals surface area contributed by atoms with E-state index >= 15 is 0 Å². The maximum atomic E-state index is 12.7. The Morgan fingerprint density at radius 1 is 1.00 bits per heavy atom. The highest BCUT2D eigenvalue weighted by Gasteiger charge is 2.28. The molecule has 6 nitrogen and oxygen atoms in total. The van der Waals surface area contributed by atoms with E-state index in [9.17, 15) is 23.3 Å². The maximum absolute atomic E-state index is 12.7. The van der Waals surface area contributed by atoms with Crippen LogP contribution in [-0.4, -0.2) is 25.9 Å². The Labute approximate surface area is 186 Å². The third-order valence-corrected chi connectivity index (χ3v) is 7.52. The van der Waals surface area contributed by atoms with Gasteiger partial charge in [-0.05, 0) is 54.0 Å². The first kappa shape index (κ1) is 21.7. The van der Waals surface area contributed by atoms with Crippen LogP contribution >= 0.6 is 0 Å². The van der Waals surface area contributed by atoms with Gasteiger partial charge in [-0.3, -0.25) is 9.59 Å². The van der Waals surface area contributed by atoms with Gasteiger partial charge >= 0.3 is 0 Å². The van der Waals surface area contributed by atoms with Crippen molar-refractivity contribution in [2.45, 2.75) is 30.6 Å². The first-order valence-electron chi connectivity index (χ1n) is 10.4. The third-order valence-electron chi connectivity index (χ3n) is 5.81. The molecule has 0 aromatic heterocycles. The number of fused-ring (bicyclic) bond motifs is 2. The predicted octanol–water partition coefficient (Wildman–Crippen LogP) is 3.84. The van der Waals surface area contributed by atoms with E-state index < -0.39 is 39.6 Å². The lowest BCUT2D eigenvalue weighted by Gasteiger charge is -2.12. The summed E-state index contributed by atoms with van der Waals surface area (Å²) in [6.07, 6.45) is 2.40. The van der Waals surface area contributed by atoms with Gasteiger partial charge in [-0.15, -0.1) is 0 Å². The molecule has 4 rings (SSSR count). The smallest absolute Gasteiger partial charge is 0.249 e. The molecule has 1 aliphatic carbocycles. The fourth-order valence-electron chi connectivity index (χ4n) is 4.05. The molecule has 0 spiro atoms. The van der Waals surface area contributed by atoms with Crippen molar-refractivity contribution in [1.82, 2.24) is 0 Å². The lowest BCUT2D eigenvalue weighted by atomic mass is 10.0. The lowest BCUT2D eigenvalue weighted by Crippen LogP contribution is -2.29. The molecule has 0 aliphatic heterocycles. The van der Waals surface area contributed by atoms with Gasteiger partial charge in [-0.1, -0.05) is 42.5 Å². The van der Waals surface area contributed by atoms with Gasteiger partial charge < -0.3 is 5.32 Å². The highest BCUT2D eigenvalue weighted by Crippen LogP contribution is 2.26. The molecule has 1 N–H and O–H groups in total. The number of nitriles is 1. The number of Topliss-reactive ketones (excluding diaryl/α,β-unsaturated/α-hetero) is 1. The number of nitrogens with one attached hydrogen (secondary N) is 1. The molecular formula is C25H22N2O4S. The molecule has 3 aromatic rings. The van der Waals surface area contributed by atoms with Gasteiger partial charge in [0, 0.05) is 17.5 Å². The van der Waals surface area contributed by atoms with Crippen LogP contribution in [0.4, 0.5) is 5.69 Å². The van der Waals surface area contributed by atoms with E-state index in [1.807, 2.05) is 36.4 Å². The van der Waals surface area contributed by atoms with Crippen LogP contribution in [0, 0.1) is 17.2 Å².